The number of aliphatic carboxylic acids is 1. The molecule has 10 heteroatoms. The Morgan fingerprint density at radius 1 is 1.46 bits per heavy atom. The van der Waals surface area contributed by atoms with E-state index in [9.17, 15) is 24.6 Å². The van der Waals surface area contributed by atoms with Gasteiger partial charge in [-0.1, -0.05) is 11.8 Å². The molecule has 3 atom stereocenters. The first-order valence-corrected chi connectivity index (χ1v) is 7.87. The zero-order valence-electron chi connectivity index (χ0n) is 12.4. The van der Waals surface area contributed by atoms with Gasteiger partial charge in [0.15, 0.2) is 5.69 Å². The van der Waals surface area contributed by atoms with E-state index < -0.39 is 35.2 Å². The molecule has 1 aromatic rings. The van der Waals surface area contributed by atoms with Gasteiger partial charge in [-0.15, -0.1) is 0 Å². The van der Waals surface area contributed by atoms with Crippen LogP contribution in [0.25, 0.3) is 0 Å². The Morgan fingerprint density at radius 3 is 2.79 bits per heavy atom. The Hall–Kier alpha value is -2.46. The predicted octanol–water partition coefficient (Wildman–Crippen LogP) is -0.158. The second kappa shape index (κ2) is 6.21. The topological polar surface area (TPSA) is 130 Å². The molecule has 2 aliphatic heterocycles. The highest BCUT2D eigenvalue weighted by Crippen LogP contribution is 2.50. The van der Waals surface area contributed by atoms with Gasteiger partial charge in [0.1, 0.15) is 17.7 Å². The fraction of sp³-hybridized carbons (Fsp3) is 0.357. The Balaban J connectivity index is 1.74. The standard InChI is InChI=1S/C14H13N3O6S/c1-6(18)9-11(19)17-10(13(20)21)8(24-12(9)17)5-23-14(22)7-4-15-2-3-16-7/h2-4,6,9,12,18H,5H2,1H3,(H,20,21)/t6-,9+,12-/m1/s1. The Kier molecular flexibility index (Phi) is 4.24. The number of thioether (sulfide) groups is 1. The Labute approximate surface area is 140 Å². The number of amides is 1. The first-order valence-electron chi connectivity index (χ1n) is 6.99. The summed E-state index contributed by atoms with van der Waals surface area (Å²) < 4.78 is 5.06. The molecule has 24 heavy (non-hydrogen) atoms. The molecule has 2 N–H and O–H groups in total. The molecule has 0 unspecified atom stereocenters. The number of nitrogens with zero attached hydrogens (tertiary/aromatic N) is 3. The van der Waals surface area contributed by atoms with Gasteiger partial charge < -0.3 is 14.9 Å². The summed E-state index contributed by atoms with van der Waals surface area (Å²) in [6.07, 6.45) is 3.08. The van der Waals surface area contributed by atoms with Crippen LogP contribution in [0.4, 0.5) is 0 Å². The fourth-order valence-corrected chi connectivity index (χ4v) is 4.09. The third-order valence-electron chi connectivity index (χ3n) is 3.68. The quantitative estimate of drug-likeness (QED) is 0.549. The molecule has 0 aliphatic carbocycles. The molecule has 0 radical (unpaired) electrons. The summed E-state index contributed by atoms with van der Waals surface area (Å²) in [7, 11) is 0. The number of aliphatic hydroxyl groups is 1. The van der Waals surface area contributed by atoms with Gasteiger partial charge in [-0.25, -0.2) is 14.6 Å². The van der Waals surface area contributed by atoms with Crippen molar-refractivity contribution in [3.8, 4) is 0 Å². The number of fused-ring (bicyclic) bond motifs is 1. The van der Waals surface area contributed by atoms with Crippen molar-refractivity contribution in [2.75, 3.05) is 6.61 Å². The second-order valence-electron chi connectivity index (χ2n) is 5.23. The summed E-state index contributed by atoms with van der Waals surface area (Å²) >= 11 is 1.10. The van der Waals surface area contributed by atoms with E-state index in [4.69, 9.17) is 4.74 Å². The predicted molar refractivity (Wildman–Crippen MR) is 80.4 cm³/mol. The molecule has 126 valence electrons. The molecule has 0 spiro atoms. The Bertz CT molecular complexity index is 735. The first kappa shape index (κ1) is 16.4. The second-order valence-corrected chi connectivity index (χ2v) is 6.44. The van der Waals surface area contributed by atoms with Crippen LogP contribution in [0.3, 0.4) is 0 Å². The van der Waals surface area contributed by atoms with Crippen molar-refractivity contribution in [3.05, 3.63) is 34.9 Å². The summed E-state index contributed by atoms with van der Waals surface area (Å²) in [5, 5.41) is 18.5. The van der Waals surface area contributed by atoms with E-state index in [1.54, 1.807) is 0 Å². The molecule has 1 fully saturated rings. The number of rotatable bonds is 5. The van der Waals surface area contributed by atoms with E-state index in [0.29, 0.717) is 0 Å². The van der Waals surface area contributed by atoms with Crippen molar-refractivity contribution in [1.29, 1.82) is 0 Å². The molecule has 1 amide bonds. The van der Waals surface area contributed by atoms with Crippen LogP contribution in [0.15, 0.2) is 29.2 Å². The molecular formula is C14H13N3O6S. The number of carbonyl (C=O) groups excluding carboxylic acids is 2. The maximum absolute atomic E-state index is 12.0. The van der Waals surface area contributed by atoms with Gasteiger partial charge in [0.2, 0.25) is 5.91 Å². The molecule has 3 rings (SSSR count). The monoisotopic (exact) mass is 351 g/mol. The molecule has 2 aliphatic rings. The van der Waals surface area contributed by atoms with Crippen LogP contribution in [0.5, 0.6) is 0 Å². The van der Waals surface area contributed by atoms with Crippen LogP contribution in [-0.4, -0.2) is 61.0 Å². The number of hydrogen-bond acceptors (Lipinski definition) is 8. The third-order valence-corrected chi connectivity index (χ3v) is 5.02. The van der Waals surface area contributed by atoms with E-state index in [1.165, 1.54) is 25.5 Å². The summed E-state index contributed by atoms with van der Waals surface area (Å²) in [5.74, 6) is -3.14. The van der Waals surface area contributed by atoms with E-state index in [1.807, 2.05) is 0 Å². The minimum Gasteiger partial charge on any atom is -0.477 e. The van der Waals surface area contributed by atoms with Crippen LogP contribution in [0, 0.1) is 5.92 Å². The van der Waals surface area contributed by atoms with Crippen LogP contribution in [0.1, 0.15) is 17.4 Å². The molecular weight excluding hydrogens is 338 g/mol. The van der Waals surface area contributed by atoms with Crippen molar-refractivity contribution in [3.63, 3.8) is 0 Å². The number of ether oxygens (including phenoxy) is 1. The SMILES string of the molecule is C[C@@H](O)[C@H]1C(=O)N2C(C(=O)O)=C(COC(=O)c3cnccn3)S[C@H]12. The van der Waals surface area contributed by atoms with Gasteiger partial charge in [-0.2, -0.15) is 0 Å². The number of β-lactam (4-membered cyclic amide) rings is 1. The average Bonchev–Trinajstić information content (AvgIpc) is 2.87. The highest BCUT2D eigenvalue weighted by atomic mass is 32.2. The number of carboxylic acids is 1. The molecule has 3 heterocycles. The van der Waals surface area contributed by atoms with E-state index in [0.717, 1.165) is 16.7 Å². The van der Waals surface area contributed by atoms with E-state index in [-0.39, 0.29) is 22.9 Å². The number of aliphatic hydroxyl groups excluding tert-OH is 1. The van der Waals surface area contributed by atoms with Crippen molar-refractivity contribution in [2.24, 2.45) is 5.92 Å². The smallest absolute Gasteiger partial charge is 0.358 e. The van der Waals surface area contributed by atoms with E-state index >= 15 is 0 Å². The molecule has 0 saturated carbocycles. The van der Waals surface area contributed by atoms with Gasteiger partial charge >= 0.3 is 11.9 Å². The lowest BCUT2D eigenvalue weighted by molar-refractivity contribution is -0.156. The van der Waals surface area contributed by atoms with Crippen molar-refractivity contribution in [1.82, 2.24) is 14.9 Å². The lowest BCUT2D eigenvalue weighted by Crippen LogP contribution is -2.60. The molecule has 1 aromatic heterocycles. The van der Waals surface area contributed by atoms with Crippen LogP contribution < -0.4 is 0 Å². The normalized spacial score (nSPS) is 23.6. The van der Waals surface area contributed by atoms with Crippen molar-refractivity contribution in [2.45, 2.75) is 18.4 Å². The number of carbonyl (C=O) groups is 3. The summed E-state index contributed by atoms with van der Waals surface area (Å²) in [6, 6.07) is 0. The van der Waals surface area contributed by atoms with Gasteiger partial charge in [-0.05, 0) is 6.92 Å². The lowest BCUT2D eigenvalue weighted by atomic mass is 9.92. The maximum Gasteiger partial charge on any atom is 0.358 e. The number of carboxylic acid groups (broad SMARTS) is 1. The molecule has 0 aromatic carbocycles. The minimum absolute atomic E-state index is 0.000756. The van der Waals surface area contributed by atoms with Crippen LogP contribution in [0.2, 0.25) is 0 Å². The molecule has 0 bridgehead atoms. The number of esters is 1. The zero-order chi connectivity index (χ0) is 17.4. The molecule has 9 nitrogen and oxygen atoms in total. The first-order chi connectivity index (χ1) is 11.4. The summed E-state index contributed by atoms with van der Waals surface area (Å²) in [4.78, 5) is 44.3. The van der Waals surface area contributed by atoms with Crippen molar-refractivity contribution >= 4 is 29.6 Å². The van der Waals surface area contributed by atoms with Gasteiger partial charge in [-0.3, -0.25) is 14.7 Å². The van der Waals surface area contributed by atoms with Crippen molar-refractivity contribution < 1.29 is 29.3 Å². The Morgan fingerprint density at radius 2 is 2.21 bits per heavy atom. The van der Waals surface area contributed by atoms with E-state index in [2.05, 4.69) is 9.97 Å². The summed E-state index contributed by atoms with van der Waals surface area (Å²) in [6.45, 7) is 1.18. The zero-order valence-corrected chi connectivity index (χ0v) is 13.3. The number of aromatic nitrogens is 2. The van der Waals surface area contributed by atoms with Gasteiger partial charge in [0, 0.05) is 12.4 Å². The van der Waals surface area contributed by atoms with Gasteiger partial charge in [0.05, 0.1) is 23.1 Å². The van der Waals surface area contributed by atoms with Gasteiger partial charge in [0.25, 0.3) is 0 Å². The highest BCUT2D eigenvalue weighted by molar-refractivity contribution is 8.04. The maximum atomic E-state index is 12.0. The summed E-state index contributed by atoms with van der Waals surface area (Å²) in [5.41, 5.74) is -0.210. The minimum atomic E-state index is -1.28. The average molecular weight is 351 g/mol. The van der Waals surface area contributed by atoms with Crippen LogP contribution in [-0.2, 0) is 14.3 Å². The molecule has 1 saturated heterocycles. The highest BCUT2D eigenvalue weighted by Gasteiger charge is 2.57. The third kappa shape index (κ3) is 2.63. The van der Waals surface area contributed by atoms with Crippen LogP contribution >= 0.6 is 11.8 Å². The lowest BCUT2D eigenvalue weighted by Gasteiger charge is -2.43. The largest absolute Gasteiger partial charge is 0.477 e. The fourth-order valence-electron chi connectivity index (χ4n) is 2.56. The number of hydrogen-bond donors (Lipinski definition) is 2.